The summed E-state index contributed by atoms with van der Waals surface area (Å²) in [6.45, 7) is 1.91. The quantitative estimate of drug-likeness (QED) is 0.760. The Morgan fingerprint density at radius 2 is 2.11 bits per heavy atom. The van der Waals surface area contributed by atoms with Gasteiger partial charge in [0.1, 0.15) is 10.3 Å². The number of nitriles is 1. The second-order valence-electron chi connectivity index (χ2n) is 4.08. The van der Waals surface area contributed by atoms with Gasteiger partial charge in [-0.1, -0.05) is 53.0 Å². The lowest BCUT2D eigenvalue weighted by Gasteiger charge is -2.08. The van der Waals surface area contributed by atoms with E-state index in [0.717, 1.165) is 16.9 Å². The van der Waals surface area contributed by atoms with Crippen LogP contribution in [-0.4, -0.2) is 5.78 Å². The summed E-state index contributed by atoms with van der Waals surface area (Å²) in [6, 6.07) is 10.9. The first-order valence-electron chi connectivity index (χ1n) is 5.48. The van der Waals surface area contributed by atoms with Gasteiger partial charge in [-0.15, -0.1) is 11.3 Å². The maximum Gasteiger partial charge on any atom is 0.186 e. The van der Waals surface area contributed by atoms with Crippen LogP contribution in [0.15, 0.2) is 30.3 Å². The van der Waals surface area contributed by atoms with Crippen molar-refractivity contribution in [3.63, 3.8) is 0 Å². The van der Waals surface area contributed by atoms with E-state index in [2.05, 4.69) is 0 Å². The van der Waals surface area contributed by atoms with Crippen LogP contribution in [-0.2, 0) is 0 Å². The predicted octanol–water partition coefficient (Wildman–Crippen LogP) is 4.85. The van der Waals surface area contributed by atoms with E-state index in [1.165, 1.54) is 6.07 Å². The van der Waals surface area contributed by atoms with Crippen LogP contribution in [0.4, 0.5) is 0 Å². The molecule has 1 aromatic heterocycles. The van der Waals surface area contributed by atoms with E-state index < -0.39 is 5.92 Å². The van der Waals surface area contributed by atoms with Gasteiger partial charge in [0, 0.05) is 0 Å². The Hall–Kier alpha value is -1.34. The van der Waals surface area contributed by atoms with Crippen molar-refractivity contribution in [2.24, 2.45) is 0 Å². The molecule has 1 aromatic carbocycles. The molecule has 1 heterocycles. The summed E-state index contributed by atoms with van der Waals surface area (Å²) in [5.74, 6) is -1.18. The Balaban J connectivity index is 2.41. The van der Waals surface area contributed by atoms with E-state index in [1.807, 2.05) is 31.2 Å². The van der Waals surface area contributed by atoms with E-state index >= 15 is 0 Å². The summed E-state index contributed by atoms with van der Waals surface area (Å²) < 4.78 is 0.761. The second-order valence-corrected chi connectivity index (χ2v) is 6.36. The molecule has 0 fully saturated rings. The molecule has 0 amide bonds. The number of rotatable bonds is 3. The molecule has 0 aliphatic carbocycles. The van der Waals surface area contributed by atoms with Gasteiger partial charge in [-0.3, -0.25) is 4.79 Å². The molecule has 0 saturated heterocycles. The molecule has 0 radical (unpaired) electrons. The maximum atomic E-state index is 12.4. The minimum absolute atomic E-state index is 0.310. The molecule has 2 aromatic rings. The fourth-order valence-electron chi connectivity index (χ4n) is 1.80. The lowest BCUT2D eigenvalue weighted by molar-refractivity contribution is 0.0979. The Kier molecular flexibility index (Phi) is 4.26. The standard InChI is InChI=1S/C14H9Cl2NOS/c1-8-3-2-4-9(5-8)11(7-17)13(18)10-6-12(15)19-14(10)16/h2-6,11H,1H3. The summed E-state index contributed by atoms with van der Waals surface area (Å²) in [5.41, 5.74) is 1.98. The Labute approximate surface area is 125 Å². The maximum absolute atomic E-state index is 12.4. The minimum Gasteiger partial charge on any atom is -0.292 e. The van der Waals surface area contributed by atoms with Crippen molar-refractivity contribution in [1.82, 2.24) is 0 Å². The summed E-state index contributed by atoms with van der Waals surface area (Å²) in [7, 11) is 0. The van der Waals surface area contributed by atoms with Gasteiger partial charge in [-0.25, -0.2) is 0 Å². The zero-order valence-corrected chi connectivity index (χ0v) is 12.3. The molecular weight excluding hydrogens is 301 g/mol. The van der Waals surface area contributed by atoms with Gasteiger partial charge in [0.25, 0.3) is 0 Å². The van der Waals surface area contributed by atoms with Gasteiger partial charge in [0.05, 0.1) is 16.0 Å². The average molecular weight is 310 g/mol. The lowest BCUT2D eigenvalue weighted by Crippen LogP contribution is -2.11. The predicted molar refractivity (Wildman–Crippen MR) is 78.2 cm³/mol. The van der Waals surface area contributed by atoms with Crippen molar-refractivity contribution < 1.29 is 4.79 Å². The average Bonchev–Trinajstić information content (AvgIpc) is 2.69. The second kappa shape index (κ2) is 5.75. The summed E-state index contributed by atoms with van der Waals surface area (Å²) in [5, 5.41) is 9.26. The van der Waals surface area contributed by atoms with E-state index in [4.69, 9.17) is 23.2 Å². The number of nitrogens with zero attached hydrogens (tertiary/aromatic N) is 1. The van der Waals surface area contributed by atoms with Gasteiger partial charge in [-0.05, 0) is 18.6 Å². The zero-order valence-electron chi connectivity index (χ0n) is 9.98. The summed E-state index contributed by atoms with van der Waals surface area (Å²) in [4.78, 5) is 12.4. The first-order chi connectivity index (χ1) is 9.02. The van der Waals surface area contributed by atoms with Crippen LogP contribution < -0.4 is 0 Å². The highest BCUT2D eigenvalue weighted by molar-refractivity contribution is 7.20. The molecule has 0 saturated carbocycles. The molecule has 0 aliphatic rings. The van der Waals surface area contributed by atoms with Crippen LogP contribution in [0.2, 0.25) is 8.67 Å². The molecule has 0 aliphatic heterocycles. The van der Waals surface area contributed by atoms with Crippen molar-refractivity contribution in [2.45, 2.75) is 12.8 Å². The monoisotopic (exact) mass is 309 g/mol. The van der Waals surface area contributed by atoms with Crippen molar-refractivity contribution in [1.29, 1.82) is 5.26 Å². The summed E-state index contributed by atoms with van der Waals surface area (Å²) >= 11 is 12.9. The highest BCUT2D eigenvalue weighted by Gasteiger charge is 2.25. The highest BCUT2D eigenvalue weighted by Crippen LogP contribution is 2.34. The summed E-state index contributed by atoms with van der Waals surface area (Å²) in [6.07, 6.45) is 0. The van der Waals surface area contributed by atoms with E-state index in [-0.39, 0.29) is 5.78 Å². The van der Waals surface area contributed by atoms with E-state index in [9.17, 15) is 10.1 Å². The highest BCUT2D eigenvalue weighted by atomic mass is 35.5. The lowest BCUT2D eigenvalue weighted by atomic mass is 9.92. The van der Waals surface area contributed by atoms with Crippen LogP contribution >= 0.6 is 34.5 Å². The number of thiophene rings is 1. The first kappa shape index (κ1) is 14.1. The Morgan fingerprint density at radius 1 is 1.37 bits per heavy atom. The molecule has 2 nitrogen and oxygen atoms in total. The number of Topliss-reactive ketones (excluding diaryl/α,β-unsaturated/α-hetero) is 1. The molecule has 1 unspecified atom stereocenters. The third-order valence-corrected chi connectivity index (χ3v) is 4.18. The largest absolute Gasteiger partial charge is 0.292 e. The van der Waals surface area contributed by atoms with Crippen LogP contribution in [0.5, 0.6) is 0 Å². The van der Waals surface area contributed by atoms with Crippen molar-refractivity contribution in [2.75, 3.05) is 0 Å². The van der Waals surface area contributed by atoms with Crippen LogP contribution in [0.1, 0.15) is 27.4 Å². The van der Waals surface area contributed by atoms with Gasteiger partial charge >= 0.3 is 0 Å². The van der Waals surface area contributed by atoms with Crippen LogP contribution in [0.25, 0.3) is 0 Å². The first-order valence-corrected chi connectivity index (χ1v) is 7.05. The number of ketones is 1. The smallest absolute Gasteiger partial charge is 0.186 e. The Morgan fingerprint density at radius 3 is 2.63 bits per heavy atom. The zero-order chi connectivity index (χ0) is 14.0. The normalized spacial score (nSPS) is 11.9. The number of aryl methyl sites for hydroxylation is 1. The number of hydrogen-bond acceptors (Lipinski definition) is 3. The molecule has 0 bridgehead atoms. The number of carbonyl (C=O) groups excluding carboxylic acids is 1. The van der Waals surface area contributed by atoms with Crippen LogP contribution in [0.3, 0.4) is 0 Å². The number of hydrogen-bond donors (Lipinski definition) is 0. The number of carbonyl (C=O) groups is 1. The SMILES string of the molecule is Cc1cccc(C(C#N)C(=O)c2cc(Cl)sc2Cl)c1. The van der Waals surface area contributed by atoms with Gasteiger partial charge in [-0.2, -0.15) is 5.26 Å². The van der Waals surface area contributed by atoms with E-state index in [0.29, 0.717) is 19.8 Å². The Bertz CT molecular complexity index is 672. The third-order valence-electron chi connectivity index (χ3n) is 2.69. The van der Waals surface area contributed by atoms with Crippen molar-refractivity contribution in [3.05, 3.63) is 55.7 Å². The van der Waals surface area contributed by atoms with Crippen LogP contribution in [0, 0.1) is 18.3 Å². The molecular formula is C14H9Cl2NOS. The molecule has 5 heteroatoms. The fourth-order valence-corrected chi connectivity index (χ4v) is 3.27. The molecule has 2 rings (SSSR count). The van der Waals surface area contributed by atoms with Crippen molar-refractivity contribution in [3.8, 4) is 6.07 Å². The molecule has 0 N–H and O–H groups in total. The molecule has 19 heavy (non-hydrogen) atoms. The third kappa shape index (κ3) is 2.98. The van der Waals surface area contributed by atoms with Gasteiger partial charge in [0.2, 0.25) is 0 Å². The van der Waals surface area contributed by atoms with E-state index in [1.54, 1.807) is 6.07 Å². The molecule has 0 spiro atoms. The minimum atomic E-state index is -0.858. The fraction of sp³-hybridized carbons (Fsp3) is 0.143. The van der Waals surface area contributed by atoms with Gasteiger partial charge < -0.3 is 0 Å². The molecule has 1 atom stereocenters. The van der Waals surface area contributed by atoms with Gasteiger partial charge in [0.15, 0.2) is 5.78 Å². The van der Waals surface area contributed by atoms with Crippen molar-refractivity contribution >= 4 is 40.3 Å². The molecule has 96 valence electrons. The number of halogens is 2. The number of benzene rings is 1. The topological polar surface area (TPSA) is 40.9 Å².